The molecule has 0 saturated heterocycles. The van der Waals surface area contributed by atoms with Gasteiger partial charge in [0.2, 0.25) is 0 Å². The van der Waals surface area contributed by atoms with Gasteiger partial charge in [0.15, 0.2) is 17.7 Å². The SMILES string of the molecule is CN=C(NCc1ccc(OCC(F)(F)F)cc1)NCc1csc(N(C)C)n1.I. The Balaban J connectivity index is 0.00000392. The van der Waals surface area contributed by atoms with Crippen LogP contribution >= 0.6 is 35.3 Å². The Morgan fingerprint density at radius 1 is 1.18 bits per heavy atom. The number of hydrogen-bond acceptors (Lipinski definition) is 5. The number of aromatic nitrogens is 1. The van der Waals surface area contributed by atoms with Crippen molar-refractivity contribution in [3.05, 3.63) is 40.9 Å². The van der Waals surface area contributed by atoms with Gasteiger partial charge in [0.1, 0.15) is 5.75 Å². The maximum atomic E-state index is 12.1. The lowest BCUT2D eigenvalue weighted by molar-refractivity contribution is -0.153. The first-order valence-corrected chi connectivity index (χ1v) is 8.99. The average molecular weight is 529 g/mol. The Hall–Kier alpha value is -1.76. The number of hydrogen-bond donors (Lipinski definition) is 2. The molecule has 0 radical (unpaired) electrons. The lowest BCUT2D eigenvalue weighted by Gasteiger charge is -2.12. The van der Waals surface area contributed by atoms with Gasteiger partial charge in [-0.2, -0.15) is 13.2 Å². The van der Waals surface area contributed by atoms with Gasteiger partial charge in [0.05, 0.1) is 12.2 Å². The molecule has 2 aromatic rings. The molecule has 11 heteroatoms. The van der Waals surface area contributed by atoms with Crippen LogP contribution in [0.1, 0.15) is 11.3 Å². The van der Waals surface area contributed by atoms with Crippen LogP contribution < -0.4 is 20.3 Å². The highest BCUT2D eigenvalue weighted by molar-refractivity contribution is 14.0. The molecule has 1 aromatic carbocycles. The van der Waals surface area contributed by atoms with Crippen molar-refractivity contribution in [2.75, 3.05) is 32.6 Å². The second kappa shape index (κ2) is 11.3. The molecule has 0 atom stereocenters. The number of nitrogens with one attached hydrogen (secondary N) is 2. The number of rotatable bonds is 7. The van der Waals surface area contributed by atoms with Gasteiger partial charge in [0.25, 0.3) is 0 Å². The molecule has 0 aliphatic carbocycles. The average Bonchev–Trinajstić information content (AvgIpc) is 3.10. The summed E-state index contributed by atoms with van der Waals surface area (Å²) in [5, 5.41) is 9.23. The molecular weight excluding hydrogens is 506 g/mol. The van der Waals surface area contributed by atoms with Crippen molar-refractivity contribution in [3.63, 3.8) is 0 Å². The molecule has 0 bridgehead atoms. The van der Waals surface area contributed by atoms with Gasteiger partial charge in [-0.25, -0.2) is 4.98 Å². The Bertz CT molecular complexity index is 750. The van der Waals surface area contributed by atoms with Crippen LogP contribution in [0.25, 0.3) is 0 Å². The van der Waals surface area contributed by atoms with E-state index < -0.39 is 12.8 Å². The number of alkyl halides is 3. The number of halogens is 4. The minimum absolute atomic E-state index is 0. The number of nitrogens with zero attached hydrogens (tertiary/aromatic N) is 3. The van der Waals surface area contributed by atoms with Gasteiger partial charge >= 0.3 is 6.18 Å². The first-order chi connectivity index (χ1) is 12.8. The van der Waals surface area contributed by atoms with Crippen LogP contribution in [-0.2, 0) is 13.1 Å². The molecule has 0 amide bonds. The van der Waals surface area contributed by atoms with Crippen molar-refractivity contribution in [1.29, 1.82) is 0 Å². The summed E-state index contributed by atoms with van der Waals surface area (Å²) in [6, 6.07) is 6.43. The summed E-state index contributed by atoms with van der Waals surface area (Å²) < 4.78 is 41.1. The third kappa shape index (κ3) is 8.50. The predicted molar refractivity (Wildman–Crippen MR) is 117 cm³/mol. The van der Waals surface area contributed by atoms with E-state index in [4.69, 9.17) is 0 Å². The van der Waals surface area contributed by atoms with Crippen molar-refractivity contribution in [3.8, 4) is 5.75 Å². The van der Waals surface area contributed by atoms with Crippen LogP contribution in [0.2, 0.25) is 0 Å². The minimum atomic E-state index is -4.34. The van der Waals surface area contributed by atoms with Crippen molar-refractivity contribution in [2.24, 2.45) is 4.99 Å². The molecule has 0 fully saturated rings. The van der Waals surface area contributed by atoms with E-state index in [0.717, 1.165) is 16.4 Å². The number of anilines is 1. The molecule has 0 spiro atoms. The molecule has 0 aliphatic heterocycles. The molecule has 2 rings (SSSR count). The normalized spacial score (nSPS) is 11.6. The zero-order chi connectivity index (χ0) is 19.9. The highest BCUT2D eigenvalue weighted by Gasteiger charge is 2.28. The second-order valence-electron chi connectivity index (χ2n) is 5.84. The molecule has 0 saturated carbocycles. The number of thiazole rings is 1. The lowest BCUT2D eigenvalue weighted by Crippen LogP contribution is -2.36. The number of ether oxygens (including phenoxy) is 1. The Morgan fingerprint density at radius 3 is 2.36 bits per heavy atom. The van der Waals surface area contributed by atoms with Gasteiger partial charge < -0.3 is 20.3 Å². The first-order valence-electron chi connectivity index (χ1n) is 8.11. The quantitative estimate of drug-likeness (QED) is 0.326. The zero-order valence-corrected chi connectivity index (χ0v) is 18.9. The van der Waals surface area contributed by atoms with Gasteiger partial charge in [-0.1, -0.05) is 12.1 Å². The van der Waals surface area contributed by atoms with E-state index in [2.05, 4.69) is 25.3 Å². The largest absolute Gasteiger partial charge is 0.484 e. The fraction of sp³-hybridized carbons (Fsp3) is 0.412. The molecule has 156 valence electrons. The van der Waals surface area contributed by atoms with E-state index in [1.54, 1.807) is 30.5 Å². The van der Waals surface area contributed by atoms with Gasteiger partial charge in [-0.15, -0.1) is 35.3 Å². The van der Waals surface area contributed by atoms with Crippen molar-refractivity contribution < 1.29 is 17.9 Å². The second-order valence-corrected chi connectivity index (χ2v) is 6.68. The maximum Gasteiger partial charge on any atom is 0.422 e. The van der Waals surface area contributed by atoms with E-state index in [9.17, 15) is 13.2 Å². The van der Waals surface area contributed by atoms with E-state index >= 15 is 0 Å². The van der Waals surface area contributed by atoms with Crippen LogP contribution in [0.4, 0.5) is 18.3 Å². The van der Waals surface area contributed by atoms with E-state index in [-0.39, 0.29) is 29.7 Å². The van der Waals surface area contributed by atoms with E-state index in [1.807, 2.05) is 24.4 Å². The Labute approximate surface area is 183 Å². The monoisotopic (exact) mass is 529 g/mol. The number of guanidine groups is 1. The molecule has 1 aromatic heterocycles. The Kier molecular flexibility index (Phi) is 9.79. The van der Waals surface area contributed by atoms with Crippen LogP contribution in [-0.4, -0.2) is 44.9 Å². The molecular formula is C17H23F3IN5OS. The fourth-order valence-electron chi connectivity index (χ4n) is 2.03. The van der Waals surface area contributed by atoms with E-state index in [0.29, 0.717) is 19.0 Å². The van der Waals surface area contributed by atoms with Crippen molar-refractivity contribution in [1.82, 2.24) is 15.6 Å². The standard InChI is InChI=1S/C17H22F3N5OS.HI/c1-21-15(23-9-13-10-27-16(24-13)25(2)3)22-8-12-4-6-14(7-5-12)26-11-17(18,19)20;/h4-7,10H,8-9,11H2,1-3H3,(H2,21,22,23);1H. The number of benzene rings is 1. The van der Waals surface area contributed by atoms with Gasteiger partial charge in [-0.3, -0.25) is 4.99 Å². The third-order valence-corrected chi connectivity index (χ3v) is 4.43. The topological polar surface area (TPSA) is 61.8 Å². The third-order valence-electron chi connectivity index (χ3n) is 3.37. The summed E-state index contributed by atoms with van der Waals surface area (Å²) in [6.45, 7) is -0.291. The van der Waals surface area contributed by atoms with Crippen molar-refractivity contribution >= 4 is 46.4 Å². The number of aliphatic imine (C=N–C) groups is 1. The zero-order valence-electron chi connectivity index (χ0n) is 15.7. The summed E-state index contributed by atoms with van der Waals surface area (Å²) in [6.07, 6.45) is -4.34. The van der Waals surface area contributed by atoms with Gasteiger partial charge in [0, 0.05) is 33.1 Å². The summed E-state index contributed by atoms with van der Waals surface area (Å²) in [4.78, 5) is 10.6. The summed E-state index contributed by atoms with van der Waals surface area (Å²) in [5.74, 6) is 0.783. The van der Waals surface area contributed by atoms with Crippen molar-refractivity contribution in [2.45, 2.75) is 19.3 Å². The highest BCUT2D eigenvalue weighted by atomic mass is 127. The molecule has 1 heterocycles. The van der Waals surface area contributed by atoms with E-state index in [1.165, 1.54) is 12.1 Å². The predicted octanol–water partition coefficient (Wildman–Crippen LogP) is 3.63. The summed E-state index contributed by atoms with van der Waals surface area (Å²) in [7, 11) is 5.54. The van der Waals surface area contributed by atoms with Crippen LogP contribution in [0.5, 0.6) is 5.75 Å². The molecule has 0 aliphatic rings. The minimum Gasteiger partial charge on any atom is -0.484 e. The molecule has 2 N–H and O–H groups in total. The van der Waals surface area contributed by atoms with Gasteiger partial charge in [-0.05, 0) is 17.7 Å². The maximum absolute atomic E-state index is 12.1. The Morgan fingerprint density at radius 2 is 1.82 bits per heavy atom. The molecule has 0 unspecified atom stereocenters. The molecule has 6 nitrogen and oxygen atoms in total. The van der Waals surface area contributed by atoms with Crippen LogP contribution in [0.15, 0.2) is 34.6 Å². The molecule has 28 heavy (non-hydrogen) atoms. The lowest BCUT2D eigenvalue weighted by atomic mass is 10.2. The smallest absolute Gasteiger partial charge is 0.422 e. The first kappa shape index (κ1) is 24.3. The summed E-state index contributed by atoms with van der Waals surface area (Å²) >= 11 is 1.57. The summed E-state index contributed by atoms with van der Waals surface area (Å²) in [5.41, 5.74) is 1.80. The van der Waals surface area contributed by atoms with Crippen LogP contribution in [0, 0.1) is 0 Å². The fourth-order valence-corrected chi connectivity index (χ4v) is 2.79. The van der Waals surface area contributed by atoms with Crippen LogP contribution in [0.3, 0.4) is 0 Å². The highest BCUT2D eigenvalue weighted by Crippen LogP contribution is 2.19.